The highest BCUT2D eigenvalue weighted by atomic mass is 32.2. The first-order valence-electron chi connectivity index (χ1n) is 9.34. The zero-order valence-corrected chi connectivity index (χ0v) is 17.9. The summed E-state index contributed by atoms with van der Waals surface area (Å²) in [4.78, 5) is 24.5. The zero-order chi connectivity index (χ0) is 23.5. The van der Waals surface area contributed by atoms with Gasteiger partial charge in [0, 0.05) is 6.07 Å². The number of hydrogen-bond donors (Lipinski definition) is 0. The van der Waals surface area contributed by atoms with Crippen molar-refractivity contribution in [3.05, 3.63) is 94.6 Å². The second kappa shape index (κ2) is 9.27. The SMILES string of the molecule is Cc1ccc(C)c(S(=O)(=O)Oc2ccccc2C(=O)OCC(=O)c2ccc(F)cc2F)c1. The number of ether oxygens (including phenoxy) is 1. The van der Waals surface area contributed by atoms with E-state index < -0.39 is 45.7 Å². The summed E-state index contributed by atoms with van der Waals surface area (Å²) in [7, 11) is -4.27. The molecule has 3 aromatic carbocycles. The van der Waals surface area contributed by atoms with Crippen LogP contribution in [0.25, 0.3) is 0 Å². The molecule has 32 heavy (non-hydrogen) atoms. The lowest BCUT2D eigenvalue weighted by atomic mass is 10.1. The number of aryl methyl sites for hydroxylation is 2. The lowest BCUT2D eigenvalue weighted by molar-refractivity contribution is 0.0471. The van der Waals surface area contributed by atoms with Crippen molar-refractivity contribution in [1.29, 1.82) is 0 Å². The number of esters is 1. The molecule has 0 atom stereocenters. The Morgan fingerprint density at radius 1 is 0.906 bits per heavy atom. The van der Waals surface area contributed by atoms with Crippen LogP contribution in [0.15, 0.2) is 65.6 Å². The van der Waals surface area contributed by atoms with E-state index in [9.17, 15) is 26.8 Å². The van der Waals surface area contributed by atoms with Crippen molar-refractivity contribution in [1.82, 2.24) is 0 Å². The molecule has 0 heterocycles. The summed E-state index contributed by atoms with van der Waals surface area (Å²) in [5, 5.41) is 0. The zero-order valence-electron chi connectivity index (χ0n) is 17.1. The van der Waals surface area contributed by atoms with Crippen LogP contribution in [-0.4, -0.2) is 26.8 Å². The minimum absolute atomic E-state index is 0.0531. The molecule has 6 nitrogen and oxygen atoms in total. The van der Waals surface area contributed by atoms with Gasteiger partial charge < -0.3 is 8.92 Å². The van der Waals surface area contributed by atoms with Crippen molar-refractivity contribution in [3.8, 4) is 5.75 Å². The average Bonchev–Trinajstić information content (AvgIpc) is 2.73. The molecule has 0 saturated carbocycles. The molecule has 3 rings (SSSR count). The van der Waals surface area contributed by atoms with Crippen molar-refractivity contribution >= 4 is 21.9 Å². The van der Waals surface area contributed by atoms with Gasteiger partial charge in [0.25, 0.3) is 0 Å². The van der Waals surface area contributed by atoms with Crippen molar-refractivity contribution in [2.75, 3.05) is 6.61 Å². The first-order chi connectivity index (χ1) is 15.1. The topological polar surface area (TPSA) is 86.7 Å². The Balaban J connectivity index is 1.79. The van der Waals surface area contributed by atoms with E-state index in [0.717, 1.165) is 12.1 Å². The van der Waals surface area contributed by atoms with Gasteiger partial charge in [-0.2, -0.15) is 8.42 Å². The fourth-order valence-electron chi connectivity index (χ4n) is 2.85. The quantitative estimate of drug-likeness (QED) is 0.295. The monoisotopic (exact) mass is 460 g/mol. The van der Waals surface area contributed by atoms with Gasteiger partial charge in [-0.05, 0) is 55.3 Å². The highest BCUT2D eigenvalue weighted by molar-refractivity contribution is 7.87. The van der Waals surface area contributed by atoms with Crippen LogP contribution in [0.4, 0.5) is 8.78 Å². The number of halogens is 2. The van der Waals surface area contributed by atoms with Crippen LogP contribution in [-0.2, 0) is 14.9 Å². The van der Waals surface area contributed by atoms with E-state index in [2.05, 4.69) is 0 Å². The van der Waals surface area contributed by atoms with Crippen molar-refractivity contribution in [2.45, 2.75) is 18.7 Å². The average molecular weight is 460 g/mol. The molecule has 0 aliphatic carbocycles. The van der Waals surface area contributed by atoms with E-state index in [1.54, 1.807) is 26.0 Å². The summed E-state index contributed by atoms with van der Waals surface area (Å²) in [6.45, 7) is 2.50. The molecule has 0 spiro atoms. The molecule has 0 aromatic heterocycles. The summed E-state index contributed by atoms with van der Waals surface area (Å²) in [6.07, 6.45) is 0. The molecular weight excluding hydrogens is 442 g/mol. The molecule has 166 valence electrons. The van der Waals surface area contributed by atoms with Crippen molar-refractivity contribution in [2.24, 2.45) is 0 Å². The minimum atomic E-state index is -4.27. The van der Waals surface area contributed by atoms with E-state index in [-0.39, 0.29) is 16.2 Å². The molecule has 0 saturated heterocycles. The standard InChI is InChI=1S/C23H18F2O6S/c1-14-7-8-15(2)22(11-14)32(28,29)31-21-6-4-3-5-18(21)23(27)30-13-20(26)17-10-9-16(24)12-19(17)25/h3-12H,13H2,1-2H3. The van der Waals surface area contributed by atoms with E-state index in [1.807, 2.05) is 0 Å². The van der Waals surface area contributed by atoms with Crippen LogP contribution in [0.3, 0.4) is 0 Å². The normalized spacial score (nSPS) is 11.1. The molecule has 0 N–H and O–H groups in total. The molecule has 0 aliphatic rings. The van der Waals surface area contributed by atoms with Crippen LogP contribution < -0.4 is 4.18 Å². The smallest absolute Gasteiger partial charge is 0.342 e. The largest absolute Gasteiger partial charge is 0.454 e. The van der Waals surface area contributed by atoms with Gasteiger partial charge in [-0.3, -0.25) is 4.79 Å². The number of benzene rings is 3. The molecule has 9 heteroatoms. The molecular formula is C23H18F2O6S. The number of para-hydroxylation sites is 1. The highest BCUT2D eigenvalue weighted by Gasteiger charge is 2.24. The predicted octanol–water partition coefficient (Wildman–Crippen LogP) is 4.39. The number of carbonyl (C=O) groups is 2. The molecule has 0 unspecified atom stereocenters. The van der Waals surface area contributed by atoms with E-state index in [4.69, 9.17) is 8.92 Å². The van der Waals surface area contributed by atoms with E-state index >= 15 is 0 Å². The first kappa shape index (κ1) is 23.1. The summed E-state index contributed by atoms with van der Waals surface area (Å²) in [6, 6.07) is 12.7. The Kier molecular flexibility index (Phi) is 6.69. The van der Waals surface area contributed by atoms with Gasteiger partial charge in [0.05, 0.1) is 5.56 Å². The number of carbonyl (C=O) groups excluding carboxylic acids is 2. The van der Waals surface area contributed by atoms with Gasteiger partial charge in [0.2, 0.25) is 5.78 Å². The third kappa shape index (κ3) is 5.17. The number of Topliss-reactive ketones (excluding diaryl/α,β-unsaturated/α-hetero) is 1. The maximum Gasteiger partial charge on any atom is 0.342 e. The first-order valence-corrected chi connectivity index (χ1v) is 10.8. The summed E-state index contributed by atoms with van der Waals surface area (Å²) < 4.78 is 62.4. The highest BCUT2D eigenvalue weighted by Crippen LogP contribution is 2.26. The minimum Gasteiger partial charge on any atom is -0.454 e. The van der Waals surface area contributed by atoms with Crippen LogP contribution in [0.2, 0.25) is 0 Å². The number of rotatable bonds is 7. The van der Waals surface area contributed by atoms with Gasteiger partial charge >= 0.3 is 16.1 Å². The summed E-state index contributed by atoms with van der Waals surface area (Å²) in [5.41, 5.74) is 0.481. The second-order valence-electron chi connectivity index (χ2n) is 6.93. The van der Waals surface area contributed by atoms with Gasteiger partial charge in [0.15, 0.2) is 12.4 Å². The second-order valence-corrected chi connectivity index (χ2v) is 8.44. The van der Waals surface area contributed by atoms with E-state index in [0.29, 0.717) is 17.2 Å². The van der Waals surface area contributed by atoms with Gasteiger partial charge in [-0.1, -0.05) is 24.3 Å². The summed E-state index contributed by atoms with van der Waals surface area (Å²) >= 11 is 0. The Morgan fingerprint density at radius 2 is 1.62 bits per heavy atom. The van der Waals surface area contributed by atoms with E-state index in [1.165, 1.54) is 30.3 Å². The predicted molar refractivity (Wildman–Crippen MR) is 111 cm³/mol. The molecule has 0 bridgehead atoms. The van der Waals surface area contributed by atoms with Gasteiger partial charge in [-0.25, -0.2) is 13.6 Å². The van der Waals surface area contributed by atoms with Crippen LogP contribution in [0, 0.1) is 25.5 Å². The number of hydrogen-bond acceptors (Lipinski definition) is 6. The molecule has 0 radical (unpaired) electrons. The molecule has 0 amide bonds. The molecule has 0 aliphatic heterocycles. The van der Waals surface area contributed by atoms with Crippen LogP contribution >= 0.6 is 0 Å². The van der Waals surface area contributed by atoms with Crippen molar-refractivity contribution in [3.63, 3.8) is 0 Å². The van der Waals surface area contributed by atoms with Gasteiger partial charge in [0.1, 0.15) is 22.1 Å². The van der Waals surface area contributed by atoms with Crippen LogP contribution in [0.5, 0.6) is 5.75 Å². The maximum absolute atomic E-state index is 13.7. The fourth-order valence-corrected chi connectivity index (χ4v) is 4.11. The number of ketones is 1. The lowest BCUT2D eigenvalue weighted by Crippen LogP contribution is -2.18. The fraction of sp³-hybridized carbons (Fsp3) is 0.130. The Labute approximate surface area is 183 Å². The molecule has 3 aromatic rings. The molecule has 0 fully saturated rings. The Bertz CT molecular complexity index is 1300. The third-order valence-corrected chi connectivity index (χ3v) is 5.86. The van der Waals surface area contributed by atoms with Gasteiger partial charge in [-0.15, -0.1) is 0 Å². The Hall–Kier alpha value is -3.59. The Morgan fingerprint density at radius 3 is 2.34 bits per heavy atom. The lowest BCUT2D eigenvalue weighted by Gasteiger charge is -2.13. The summed E-state index contributed by atoms with van der Waals surface area (Å²) in [5.74, 6) is -4.18. The van der Waals surface area contributed by atoms with Crippen LogP contribution in [0.1, 0.15) is 31.8 Å². The third-order valence-electron chi connectivity index (χ3n) is 4.49. The van der Waals surface area contributed by atoms with Crippen molar-refractivity contribution < 1.29 is 35.7 Å². The maximum atomic E-state index is 13.7.